The molecule has 0 amide bonds. The first kappa shape index (κ1) is 15.4. The highest BCUT2D eigenvalue weighted by atomic mass is 15.2. The first-order valence-electron chi connectivity index (χ1n) is 8.12. The van der Waals surface area contributed by atoms with E-state index in [2.05, 4.69) is 56.9 Å². The molecule has 2 nitrogen and oxygen atoms in total. The van der Waals surface area contributed by atoms with Crippen molar-refractivity contribution in [3.63, 3.8) is 0 Å². The van der Waals surface area contributed by atoms with Crippen LogP contribution < -0.4 is 10.6 Å². The maximum Gasteiger partial charge on any atom is 0.0368 e. The highest BCUT2D eigenvalue weighted by Crippen LogP contribution is 2.31. The Kier molecular flexibility index (Phi) is 5.09. The minimum absolute atomic E-state index is 0.287. The zero-order valence-electron chi connectivity index (χ0n) is 13.5. The molecule has 0 aromatic heterocycles. The van der Waals surface area contributed by atoms with E-state index in [0.29, 0.717) is 6.04 Å². The topological polar surface area (TPSA) is 29.3 Å². The molecule has 0 bridgehead atoms. The van der Waals surface area contributed by atoms with Gasteiger partial charge in [-0.15, -0.1) is 0 Å². The Labute approximate surface area is 124 Å². The third-order valence-corrected chi connectivity index (χ3v) is 4.89. The van der Waals surface area contributed by atoms with Gasteiger partial charge in [-0.25, -0.2) is 0 Å². The van der Waals surface area contributed by atoms with Crippen LogP contribution in [0.1, 0.15) is 46.1 Å². The monoisotopic (exact) mass is 274 g/mol. The highest BCUT2D eigenvalue weighted by Gasteiger charge is 2.28. The second-order valence-electron chi connectivity index (χ2n) is 6.75. The summed E-state index contributed by atoms with van der Waals surface area (Å²) in [5.41, 5.74) is 8.75. The SMILES string of the molecule is CCC(N)Cc1ccc(N2CC(C)CC(C)C2C)cc1. The van der Waals surface area contributed by atoms with Gasteiger partial charge in [0.15, 0.2) is 0 Å². The fraction of sp³-hybridized carbons (Fsp3) is 0.667. The standard InChI is InChI=1S/C18H30N2/c1-5-17(19)11-16-6-8-18(9-7-16)20-12-13(2)10-14(3)15(20)4/h6-9,13-15,17H,5,10-12,19H2,1-4H3. The number of hydrogen-bond donors (Lipinski definition) is 1. The Balaban J connectivity index is 2.08. The number of hydrogen-bond acceptors (Lipinski definition) is 2. The summed E-state index contributed by atoms with van der Waals surface area (Å²) in [6.07, 6.45) is 3.38. The Morgan fingerprint density at radius 2 is 1.85 bits per heavy atom. The maximum absolute atomic E-state index is 6.03. The quantitative estimate of drug-likeness (QED) is 0.904. The van der Waals surface area contributed by atoms with Gasteiger partial charge in [-0.1, -0.05) is 32.9 Å². The number of benzene rings is 1. The summed E-state index contributed by atoms with van der Waals surface area (Å²) in [5.74, 6) is 1.56. The van der Waals surface area contributed by atoms with Gasteiger partial charge in [0.05, 0.1) is 0 Å². The molecule has 1 aromatic rings. The minimum Gasteiger partial charge on any atom is -0.368 e. The third kappa shape index (κ3) is 3.54. The van der Waals surface area contributed by atoms with E-state index in [0.717, 1.165) is 24.7 Å². The van der Waals surface area contributed by atoms with Gasteiger partial charge in [-0.2, -0.15) is 0 Å². The maximum atomic E-state index is 6.03. The molecule has 1 aliphatic heterocycles. The van der Waals surface area contributed by atoms with Crippen LogP contribution in [0, 0.1) is 11.8 Å². The van der Waals surface area contributed by atoms with Gasteiger partial charge in [0.1, 0.15) is 0 Å². The normalized spacial score (nSPS) is 28.4. The molecule has 2 heteroatoms. The second-order valence-corrected chi connectivity index (χ2v) is 6.75. The predicted molar refractivity (Wildman–Crippen MR) is 88.2 cm³/mol. The molecule has 1 saturated heterocycles. The largest absolute Gasteiger partial charge is 0.368 e. The molecular formula is C18H30N2. The molecule has 20 heavy (non-hydrogen) atoms. The van der Waals surface area contributed by atoms with Crippen molar-refractivity contribution in [3.8, 4) is 0 Å². The van der Waals surface area contributed by atoms with E-state index >= 15 is 0 Å². The summed E-state index contributed by atoms with van der Waals surface area (Å²) in [6, 6.07) is 9.98. The zero-order chi connectivity index (χ0) is 14.7. The van der Waals surface area contributed by atoms with E-state index < -0.39 is 0 Å². The van der Waals surface area contributed by atoms with Gasteiger partial charge in [-0.3, -0.25) is 0 Å². The van der Waals surface area contributed by atoms with E-state index in [1.54, 1.807) is 0 Å². The van der Waals surface area contributed by atoms with Crippen LogP contribution in [0.15, 0.2) is 24.3 Å². The third-order valence-electron chi connectivity index (χ3n) is 4.89. The smallest absolute Gasteiger partial charge is 0.0368 e. The molecular weight excluding hydrogens is 244 g/mol. The van der Waals surface area contributed by atoms with Crippen LogP contribution >= 0.6 is 0 Å². The van der Waals surface area contributed by atoms with E-state index in [4.69, 9.17) is 5.73 Å². The zero-order valence-corrected chi connectivity index (χ0v) is 13.5. The molecule has 1 heterocycles. The van der Waals surface area contributed by atoms with E-state index in [9.17, 15) is 0 Å². The number of nitrogens with zero attached hydrogens (tertiary/aromatic N) is 1. The molecule has 4 unspecified atom stereocenters. The van der Waals surface area contributed by atoms with Crippen molar-refractivity contribution in [1.82, 2.24) is 0 Å². The molecule has 4 atom stereocenters. The molecule has 1 aromatic carbocycles. The summed E-state index contributed by atoms with van der Waals surface area (Å²) < 4.78 is 0. The van der Waals surface area contributed by atoms with E-state index in [-0.39, 0.29) is 6.04 Å². The number of anilines is 1. The van der Waals surface area contributed by atoms with Crippen molar-refractivity contribution in [1.29, 1.82) is 0 Å². The molecule has 2 rings (SSSR count). The molecule has 112 valence electrons. The van der Waals surface area contributed by atoms with Crippen LogP contribution in [-0.4, -0.2) is 18.6 Å². The Morgan fingerprint density at radius 3 is 2.45 bits per heavy atom. The van der Waals surface area contributed by atoms with Gasteiger partial charge in [0.25, 0.3) is 0 Å². The van der Waals surface area contributed by atoms with E-state index in [1.807, 2.05) is 0 Å². The number of nitrogens with two attached hydrogens (primary N) is 1. The van der Waals surface area contributed by atoms with Crippen LogP contribution in [0.4, 0.5) is 5.69 Å². The molecule has 0 saturated carbocycles. The lowest BCUT2D eigenvalue weighted by atomic mass is 9.85. The number of piperidine rings is 1. The first-order valence-corrected chi connectivity index (χ1v) is 8.12. The Morgan fingerprint density at radius 1 is 1.20 bits per heavy atom. The van der Waals surface area contributed by atoms with Gasteiger partial charge in [0, 0.05) is 24.3 Å². The Hall–Kier alpha value is -1.02. The highest BCUT2D eigenvalue weighted by molar-refractivity contribution is 5.49. The summed E-state index contributed by atoms with van der Waals surface area (Å²) in [5, 5.41) is 0. The van der Waals surface area contributed by atoms with Crippen molar-refractivity contribution in [2.75, 3.05) is 11.4 Å². The fourth-order valence-corrected chi connectivity index (χ4v) is 3.33. The van der Waals surface area contributed by atoms with Crippen molar-refractivity contribution in [2.45, 2.75) is 59.0 Å². The predicted octanol–water partition coefficient (Wildman–Crippen LogP) is 3.84. The Bertz CT molecular complexity index is 412. The van der Waals surface area contributed by atoms with Gasteiger partial charge in [-0.05, 0) is 55.7 Å². The van der Waals surface area contributed by atoms with Crippen LogP contribution in [0.2, 0.25) is 0 Å². The lowest BCUT2D eigenvalue weighted by Gasteiger charge is -2.42. The fourth-order valence-electron chi connectivity index (χ4n) is 3.33. The van der Waals surface area contributed by atoms with Crippen LogP contribution in [0.25, 0.3) is 0 Å². The summed E-state index contributed by atoms with van der Waals surface area (Å²) >= 11 is 0. The molecule has 1 aliphatic rings. The molecule has 1 fully saturated rings. The van der Waals surface area contributed by atoms with Crippen molar-refractivity contribution < 1.29 is 0 Å². The summed E-state index contributed by atoms with van der Waals surface area (Å²) in [4.78, 5) is 2.57. The average Bonchev–Trinajstić information content (AvgIpc) is 2.43. The number of rotatable bonds is 4. The minimum atomic E-state index is 0.287. The van der Waals surface area contributed by atoms with Crippen LogP contribution in [0.5, 0.6) is 0 Å². The van der Waals surface area contributed by atoms with Crippen molar-refractivity contribution >= 4 is 5.69 Å². The first-order chi connectivity index (χ1) is 9.51. The molecule has 0 spiro atoms. The lowest BCUT2D eigenvalue weighted by molar-refractivity contribution is 0.297. The van der Waals surface area contributed by atoms with Gasteiger partial charge < -0.3 is 10.6 Å². The van der Waals surface area contributed by atoms with Gasteiger partial charge >= 0.3 is 0 Å². The van der Waals surface area contributed by atoms with Gasteiger partial charge in [0.2, 0.25) is 0 Å². The van der Waals surface area contributed by atoms with Crippen molar-refractivity contribution in [3.05, 3.63) is 29.8 Å². The molecule has 0 aliphatic carbocycles. The summed E-state index contributed by atoms with van der Waals surface area (Å²) in [6.45, 7) is 10.4. The second kappa shape index (κ2) is 6.62. The van der Waals surface area contributed by atoms with Crippen LogP contribution in [-0.2, 0) is 6.42 Å². The lowest BCUT2D eigenvalue weighted by Crippen LogP contribution is -2.45. The van der Waals surface area contributed by atoms with E-state index in [1.165, 1.54) is 24.2 Å². The average molecular weight is 274 g/mol. The summed E-state index contributed by atoms with van der Waals surface area (Å²) in [7, 11) is 0. The van der Waals surface area contributed by atoms with Crippen LogP contribution in [0.3, 0.4) is 0 Å². The molecule has 0 radical (unpaired) electrons. The van der Waals surface area contributed by atoms with Crippen molar-refractivity contribution in [2.24, 2.45) is 17.6 Å². The molecule has 2 N–H and O–H groups in total.